The molecule has 1 aliphatic rings. The molecule has 0 spiro atoms. The van der Waals surface area contributed by atoms with Crippen molar-refractivity contribution in [3.05, 3.63) is 16.1 Å². The third-order valence-electron chi connectivity index (χ3n) is 3.08. The highest BCUT2D eigenvalue weighted by atomic mass is 32.1. The summed E-state index contributed by atoms with van der Waals surface area (Å²) in [5, 5.41) is 8.95. The molecule has 0 aliphatic heterocycles. The van der Waals surface area contributed by atoms with Gasteiger partial charge in [0.1, 0.15) is 4.88 Å². The van der Waals surface area contributed by atoms with E-state index in [0.717, 1.165) is 18.5 Å². The van der Waals surface area contributed by atoms with Crippen molar-refractivity contribution in [1.82, 2.24) is 9.88 Å². The van der Waals surface area contributed by atoms with E-state index in [-0.39, 0.29) is 18.5 Å². The SMILES string of the molecule is Cc1ncsc1C(=O)N(C[C@@H](C)C(=O)O)C1CC1. The monoisotopic (exact) mass is 268 g/mol. The molecule has 98 valence electrons. The maximum Gasteiger partial charge on any atom is 0.308 e. The summed E-state index contributed by atoms with van der Waals surface area (Å²) < 4.78 is 0. The maximum atomic E-state index is 12.4. The quantitative estimate of drug-likeness (QED) is 0.883. The van der Waals surface area contributed by atoms with E-state index in [0.29, 0.717) is 4.88 Å². The molecule has 1 aromatic heterocycles. The summed E-state index contributed by atoms with van der Waals surface area (Å²) in [5.41, 5.74) is 2.37. The van der Waals surface area contributed by atoms with Gasteiger partial charge in [0, 0.05) is 12.6 Å². The molecule has 18 heavy (non-hydrogen) atoms. The topological polar surface area (TPSA) is 70.5 Å². The van der Waals surface area contributed by atoms with Crippen molar-refractivity contribution in [3.8, 4) is 0 Å². The summed E-state index contributed by atoms with van der Waals surface area (Å²) in [7, 11) is 0. The first-order chi connectivity index (χ1) is 8.50. The van der Waals surface area contributed by atoms with E-state index in [9.17, 15) is 9.59 Å². The number of amides is 1. The third kappa shape index (κ3) is 2.69. The average molecular weight is 268 g/mol. The van der Waals surface area contributed by atoms with Crippen LogP contribution in [0.15, 0.2) is 5.51 Å². The number of carbonyl (C=O) groups is 2. The second-order valence-electron chi connectivity index (χ2n) is 4.69. The molecule has 1 aliphatic carbocycles. The molecule has 2 rings (SSSR count). The van der Waals surface area contributed by atoms with Crippen molar-refractivity contribution in [2.75, 3.05) is 6.54 Å². The lowest BCUT2D eigenvalue weighted by atomic mass is 10.1. The van der Waals surface area contributed by atoms with E-state index in [1.54, 1.807) is 24.3 Å². The molecule has 5 nitrogen and oxygen atoms in total. The smallest absolute Gasteiger partial charge is 0.308 e. The molecule has 0 bridgehead atoms. The van der Waals surface area contributed by atoms with Crippen LogP contribution in [0, 0.1) is 12.8 Å². The van der Waals surface area contributed by atoms with Crippen LogP contribution in [0.4, 0.5) is 0 Å². The van der Waals surface area contributed by atoms with Crippen LogP contribution in [-0.4, -0.2) is 39.5 Å². The summed E-state index contributed by atoms with van der Waals surface area (Å²) in [5.74, 6) is -1.48. The zero-order chi connectivity index (χ0) is 13.3. The van der Waals surface area contributed by atoms with Crippen LogP contribution in [0.25, 0.3) is 0 Å². The van der Waals surface area contributed by atoms with E-state index in [4.69, 9.17) is 5.11 Å². The minimum atomic E-state index is -0.866. The van der Waals surface area contributed by atoms with Crippen LogP contribution in [-0.2, 0) is 4.79 Å². The number of aryl methyl sites for hydroxylation is 1. The predicted molar refractivity (Wildman–Crippen MR) is 67.7 cm³/mol. The molecular weight excluding hydrogens is 252 g/mol. The van der Waals surface area contributed by atoms with Gasteiger partial charge in [-0.3, -0.25) is 9.59 Å². The Morgan fingerprint density at radius 2 is 2.28 bits per heavy atom. The molecule has 1 atom stereocenters. The fourth-order valence-electron chi connectivity index (χ4n) is 1.79. The number of carbonyl (C=O) groups excluding carboxylic acids is 1. The standard InChI is InChI=1S/C12H16N2O3S/c1-7(12(16)17)5-14(9-3-4-9)11(15)10-8(2)13-6-18-10/h6-7,9H,3-5H2,1-2H3,(H,16,17)/t7-/m1/s1. The summed E-state index contributed by atoms with van der Waals surface area (Å²) in [6, 6.07) is 0.209. The lowest BCUT2D eigenvalue weighted by Crippen LogP contribution is -2.38. The van der Waals surface area contributed by atoms with E-state index in [2.05, 4.69) is 4.98 Å². The van der Waals surface area contributed by atoms with Crippen molar-refractivity contribution >= 4 is 23.2 Å². The zero-order valence-corrected chi connectivity index (χ0v) is 11.2. The van der Waals surface area contributed by atoms with Crippen molar-refractivity contribution in [2.45, 2.75) is 32.7 Å². The normalized spacial score (nSPS) is 16.3. The molecule has 0 unspecified atom stereocenters. The molecule has 1 aromatic rings. The van der Waals surface area contributed by atoms with Gasteiger partial charge < -0.3 is 10.0 Å². The zero-order valence-electron chi connectivity index (χ0n) is 10.4. The van der Waals surface area contributed by atoms with Crippen LogP contribution in [0.2, 0.25) is 0 Å². The maximum absolute atomic E-state index is 12.4. The number of aromatic nitrogens is 1. The Balaban J connectivity index is 2.13. The minimum absolute atomic E-state index is 0.0781. The van der Waals surface area contributed by atoms with E-state index in [1.807, 2.05) is 0 Å². The Morgan fingerprint density at radius 1 is 1.61 bits per heavy atom. The highest BCUT2D eigenvalue weighted by Crippen LogP contribution is 2.30. The summed E-state index contributed by atoms with van der Waals surface area (Å²) >= 11 is 1.32. The van der Waals surface area contributed by atoms with Crippen LogP contribution in [0.3, 0.4) is 0 Å². The average Bonchev–Trinajstić information content (AvgIpc) is 3.07. The van der Waals surface area contributed by atoms with Crippen LogP contribution in [0.1, 0.15) is 35.1 Å². The molecular formula is C12H16N2O3S. The molecule has 1 amide bonds. The van der Waals surface area contributed by atoms with Gasteiger partial charge in [-0.2, -0.15) is 0 Å². The number of aliphatic carboxylic acids is 1. The number of hydrogen-bond donors (Lipinski definition) is 1. The summed E-state index contributed by atoms with van der Waals surface area (Å²) in [6.45, 7) is 3.70. The van der Waals surface area contributed by atoms with E-state index >= 15 is 0 Å². The van der Waals surface area contributed by atoms with Gasteiger partial charge in [-0.25, -0.2) is 4.98 Å². The molecule has 0 aromatic carbocycles. The van der Waals surface area contributed by atoms with Crippen LogP contribution < -0.4 is 0 Å². The van der Waals surface area contributed by atoms with E-state index in [1.165, 1.54) is 11.3 Å². The van der Waals surface area contributed by atoms with Gasteiger partial charge in [0.05, 0.1) is 17.1 Å². The Bertz CT molecular complexity index is 468. The Morgan fingerprint density at radius 3 is 2.72 bits per heavy atom. The van der Waals surface area contributed by atoms with Gasteiger partial charge in [-0.15, -0.1) is 11.3 Å². The largest absolute Gasteiger partial charge is 0.481 e. The number of hydrogen-bond acceptors (Lipinski definition) is 4. The van der Waals surface area contributed by atoms with Crippen molar-refractivity contribution < 1.29 is 14.7 Å². The van der Waals surface area contributed by atoms with Gasteiger partial charge in [0.2, 0.25) is 0 Å². The number of rotatable bonds is 5. The minimum Gasteiger partial charge on any atom is -0.481 e. The van der Waals surface area contributed by atoms with Gasteiger partial charge >= 0.3 is 5.97 Å². The van der Waals surface area contributed by atoms with Gasteiger partial charge in [-0.1, -0.05) is 6.92 Å². The van der Waals surface area contributed by atoms with Crippen LogP contribution in [0.5, 0.6) is 0 Å². The number of carboxylic acids is 1. The molecule has 1 N–H and O–H groups in total. The molecule has 1 fully saturated rings. The summed E-state index contributed by atoms with van der Waals surface area (Å²) in [4.78, 5) is 29.7. The second-order valence-corrected chi connectivity index (χ2v) is 5.55. The van der Waals surface area contributed by atoms with Crippen LogP contribution >= 0.6 is 11.3 Å². The molecule has 1 saturated carbocycles. The van der Waals surface area contributed by atoms with Gasteiger partial charge in [0.15, 0.2) is 0 Å². The third-order valence-corrected chi connectivity index (χ3v) is 4.00. The molecule has 0 radical (unpaired) electrons. The summed E-state index contributed by atoms with van der Waals surface area (Å²) in [6.07, 6.45) is 1.94. The number of carboxylic acid groups (broad SMARTS) is 1. The first-order valence-electron chi connectivity index (χ1n) is 5.94. The van der Waals surface area contributed by atoms with Gasteiger partial charge in [0.25, 0.3) is 5.91 Å². The highest BCUT2D eigenvalue weighted by molar-refractivity contribution is 7.11. The molecule has 0 saturated heterocycles. The lowest BCUT2D eigenvalue weighted by molar-refractivity contribution is -0.141. The number of nitrogens with zero attached hydrogens (tertiary/aromatic N) is 2. The first kappa shape index (κ1) is 13.0. The number of thiazole rings is 1. The van der Waals surface area contributed by atoms with Crippen molar-refractivity contribution in [2.24, 2.45) is 5.92 Å². The lowest BCUT2D eigenvalue weighted by Gasteiger charge is -2.23. The second kappa shape index (κ2) is 5.06. The fraction of sp³-hybridized carbons (Fsp3) is 0.583. The van der Waals surface area contributed by atoms with Crippen molar-refractivity contribution in [1.29, 1.82) is 0 Å². The molecule has 6 heteroatoms. The van der Waals surface area contributed by atoms with Crippen molar-refractivity contribution in [3.63, 3.8) is 0 Å². The fourth-order valence-corrected chi connectivity index (χ4v) is 2.55. The van der Waals surface area contributed by atoms with E-state index < -0.39 is 11.9 Å². The van der Waals surface area contributed by atoms with Gasteiger partial charge in [-0.05, 0) is 19.8 Å². The highest BCUT2D eigenvalue weighted by Gasteiger charge is 2.35. The predicted octanol–water partition coefficient (Wildman–Crippen LogP) is 1.78. The molecule has 1 heterocycles. The Kier molecular flexibility index (Phi) is 3.65. The Hall–Kier alpha value is -1.43. The first-order valence-corrected chi connectivity index (χ1v) is 6.82. The Labute approximate surface area is 109 Å².